The molecule has 10 rings (SSSR count). The Bertz CT molecular complexity index is 5500. The zero-order valence-electron chi connectivity index (χ0n) is 73.4. The number of carbonyl (C=O) groups excluding carboxylic acids is 9. The third kappa shape index (κ3) is 26.9. The van der Waals surface area contributed by atoms with E-state index in [4.69, 9.17) is 33.2 Å². The number of hydrogen-bond acceptors (Lipinski definition) is 16. The van der Waals surface area contributed by atoms with Gasteiger partial charge in [-0.05, 0) is 186 Å². The Balaban J connectivity index is 0.000000311. The molecule has 0 aliphatic heterocycles. The summed E-state index contributed by atoms with van der Waals surface area (Å²) in [6.45, 7) is 24.3. The predicted molar refractivity (Wildman–Crippen MR) is 490 cm³/mol. The highest BCUT2D eigenvalue weighted by Gasteiger charge is 2.35. The number of ether oxygens (including phenoxy) is 7. The van der Waals surface area contributed by atoms with E-state index in [0.717, 1.165) is 87.6 Å². The molecule has 7 amide bonds. The molecule has 0 aromatic heterocycles. The maximum atomic E-state index is 14.6. The van der Waals surface area contributed by atoms with Crippen LogP contribution < -0.4 is 74.3 Å². The molecule has 10 aromatic rings. The molecule has 6 atom stereocenters. The first kappa shape index (κ1) is 98.1. The van der Waals surface area contributed by atoms with E-state index in [9.17, 15) is 43.2 Å². The standard InChI is InChI=1S/C53H62N4O9.C48H54N4O7.ClH/c1-9-20-38-30-36-24-14-16-26-40(36)45(47(38)63-7)46-41-27-17-15-25-37(41)31-39(48(46)64-8)32-44(55-34(3)58)50(60)56-42(28-18-19-29-54-52(62)66-53(4,5)6)49(59)57-43(21-10-2)51(61)65-33-35-22-12-11-13-23-35;1-6-17-35-27-33-21-11-13-23-37(33)42(44(35)57-4)43-38-24-14-12-22-34(38)28-36(45(43)58-5)29-41(50-31(3)53)47(55)51-39(25-15-16-26-49)46(54)52-40(18-7-2)48(56)59-30-32-19-9-8-10-20-32;/h9-17,22-27,30-31,42-44H,1-2,18-21,28-29,32-33H2,3-8H3,(H,54,62)(H,55,58)(H,56,60)(H,57,59);6-14,19-24,27-28,39-41H,1-2,15-18,25-26,29-30,49H2,3-5H3,(H,50,53)(H,51,55)(H,52,54);1H/t42-,43+,44?;39-,40+,41?;/m11./s1. The topological polar surface area (TPSA) is 330 Å². The molecule has 126 heavy (non-hydrogen) atoms. The van der Waals surface area contributed by atoms with Gasteiger partial charge in [0.25, 0.3) is 0 Å². The lowest BCUT2D eigenvalue weighted by atomic mass is 9.87. The zero-order valence-corrected chi connectivity index (χ0v) is 74.1. The number of nitrogens with one attached hydrogen (secondary N) is 7. The number of hydrogen-bond donors (Lipinski definition) is 8. The molecule has 0 spiro atoms. The van der Waals surface area contributed by atoms with Gasteiger partial charge >= 0.3 is 18.0 Å². The number of benzene rings is 10. The molecule has 664 valence electrons. The molecule has 25 heteroatoms. The zero-order chi connectivity index (χ0) is 90.1. The highest BCUT2D eigenvalue weighted by molar-refractivity contribution is 6.13. The molecule has 0 radical (unpaired) electrons. The summed E-state index contributed by atoms with van der Waals surface area (Å²) in [5, 5.41) is 27.1. The fourth-order valence-electron chi connectivity index (χ4n) is 15.3. The number of alkyl carbamates (subject to hydrolysis) is 1. The van der Waals surface area contributed by atoms with Crippen LogP contribution in [-0.2, 0) is 91.5 Å². The van der Waals surface area contributed by atoms with Crippen molar-refractivity contribution in [2.75, 3.05) is 41.5 Å². The average molecular weight is 1730 g/mol. The number of fused-ring (bicyclic) bond motifs is 4. The van der Waals surface area contributed by atoms with E-state index < -0.39 is 95.3 Å². The van der Waals surface area contributed by atoms with Gasteiger partial charge in [0.1, 0.15) is 78.1 Å². The van der Waals surface area contributed by atoms with Crippen LogP contribution in [0.15, 0.2) is 233 Å². The lowest BCUT2D eigenvalue weighted by Crippen LogP contribution is -3.00. The lowest BCUT2D eigenvalue weighted by molar-refractivity contribution is -0.368. The largest absolute Gasteiger partial charge is 1.00 e. The Morgan fingerprint density at radius 1 is 0.389 bits per heavy atom. The molecule has 2 unspecified atom stereocenters. The lowest BCUT2D eigenvalue weighted by Gasteiger charge is -2.26. The van der Waals surface area contributed by atoms with Gasteiger partial charge in [0.2, 0.25) is 35.4 Å². The van der Waals surface area contributed by atoms with Crippen LogP contribution in [0.1, 0.15) is 119 Å². The molecular formula is C101H117ClN8O16. The first-order valence-electron chi connectivity index (χ1n) is 42.0. The second-order valence-corrected chi connectivity index (χ2v) is 31.3. The quantitative estimate of drug-likeness (QED) is 0.00762. The molecule has 0 fully saturated rings. The fourth-order valence-corrected chi connectivity index (χ4v) is 15.3. The van der Waals surface area contributed by atoms with E-state index in [1.165, 1.54) is 26.0 Å². The molecule has 0 saturated heterocycles. The molecule has 0 saturated carbocycles. The molecule has 10 aromatic carbocycles. The van der Waals surface area contributed by atoms with E-state index >= 15 is 0 Å². The summed E-state index contributed by atoms with van der Waals surface area (Å²) >= 11 is 0. The van der Waals surface area contributed by atoms with E-state index in [-0.39, 0.29) is 70.7 Å². The van der Waals surface area contributed by atoms with Crippen LogP contribution in [0.2, 0.25) is 0 Å². The molecule has 0 bridgehead atoms. The Hall–Kier alpha value is -13.3. The van der Waals surface area contributed by atoms with Crippen LogP contribution in [0, 0.1) is 0 Å². The Morgan fingerprint density at radius 3 is 1.02 bits per heavy atom. The molecule has 10 N–H and O–H groups in total. The van der Waals surface area contributed by atoms with Crippen molar-refractivity contribution in [3.05, 3.63) is 266 Å². The van der Waals surface area contributed by atoms with Gasteiger partial charge in [-0.25, -0.2) is 14.4 Å². The van der Waals surface area contributed by atoms with Gasteiger partial charge in [0.15, 0.2) is 0 Å². The third-order valence-corrected chi connectivity index (χ3v) is 20.9. The normalized spacial score (nSPS) is 12.4. The van der Waals surface area contributed by atoms with E-state index in [0.29, 0.717) is 79.2 Å². The van der Waals surface area contributed by atoms with Gasteiger partial charge in [-0.15, -0.1) is 26.3 Å². The van der Waals surface area contributed by atoms with Gasteiger partial charge in [-0.2, -0.15) is 0 Å². The van der Waals surface area contributed by atoms with Crippen LogP contribution >= 0.6 is 0 Å². The SMILES string of the molecule is C=CCc1cc2ccccc2c(-c2c(OC)c(CC(NC(C)=O)C(=O)N[C@H](CCCCNC(=O)OC(C)(C)C)C(=O)N[C@@H](CC=C)C(=O)OCc3ccccc3)cc3ccccc23)c1OC.C=CCc1cc2ccccc2c(-c2c(OC)c(CC(NC(C)=O)C(=O)N[C@H](CCCC[NH3+])C(=O)N[C@@H](CC=C)C(=O)OCc3ccccc3)cc3ccccc23)c1OC.[Cl-]. The number of methoxy groups -OCH3 is 4. The van der Waals surface area contributed by atoms with Gasteiger partial charge in [0, 0.05) is 55.5 Å². The van der Waals surface area contributed by atoms with Crippen molar-refractivity contribution in [2.45, 2.75) is 167 Å². The molecule has 0 heterocycles. The third-order valence-electron chi connectivity index (χ3n) is 20.9. The predicted octanol–water partition coefficient (Wildman–Crippen LogP) is 11.6. The Labute approximate surface area is 743 Å². The Morgan fingerprint density at radius 2 is 0.698 bits per heavy atom. The van der Waals surface area contributed by atoms with Crippen molar-refractivity contribution in [3.8, 4) is 45.3 Å². The van der Waals surface area contributed by atoms with Crippen molar-refractivity contribution in [3.63, 3.8) is 0 Å². The number of quaternary nitrogens is 1. The fraction of sp³-hybridized carbons (Fsp3) is 0.317. The maximum absolute atomic E-state index is 14.6. The van der Waals surface area contributed by atoms with Crippen LogP contribution in [0.4, 0.5) is 4.79 Å². The monoisotopic (exact) mass is 1730 g/mol. The van der Waals surface area contributed by atoms with E-state index in [1.807, 2.05) is 176 Å². The number of halogens is 1. The van der Waals surface area contributed by atoms with Crippen LogP contribution in [0.25, 0.3) is 65.3 Å². The number of rotatable bonds is 43. The second kappa shape index (κ2) is 48.7. The summed E-state index contributed by atoms with van der Waals surface area (Å²) in [4.78, 5) is 121. The van der Waals surface area contributed by atoms with Crippen molar-refractivity contribution in [2.24, 2.45) is 0 Å². The first-order chi connectivity index (χ1) is 60.3. The van der Waals surface area contributed by atoms with Gasteiger partial charge in [0.05, 0.1) is 35.0 Å². The first-order valence-corrected chi connectivity index (χ1v) is 42.0. The van der Waals surface area contributed by atoms with Crippen LogP contribution in [-0.4, -0.2) is 137 Å². The molecule has 0 aliphatic rings. The summed E-state index contributed by atoms with van der Waals surface area (Å²) < 4.78 is 41.3. The summed E-state index contributed by atoms with van der Waals surface area (Å²) in [5.41, 5.74) is 11.1. The molecule has 0 aliphatic carbocycles. The van der Waals surface area contributed by atoms with Gasteiger partial charge in [-0.3, -0.25) is 28.8 Å². The van der Waals surface area contributed by atoms with Crippen molar-refractivity contribution in [1.29, 1.82) is 0 Å². The molecule has 24 nitrogen and oxygen atoms in total. The van der Waals surface area contributed by atoms with E-state index in [2.05, 4.69) is 87.5 Å². The second-order valence-electron chi connectivity index (χ2n) is 31.3. The average Bonchev–Trinajstić information content (AvgIpc) is 0.741. The summed E-state index contributed by atoms with van der Waals surface area (Å²) in [7, 11) is 6.43. The minimum Gasteiger partial charge on any atom is -1.00 e. The highest BCUT2D eigenvalue weighted by atomic mass is 35.5. The minimum absolute atomic E-state index is 0. The number of esters is 2. The van der Waals surface area contributed by atoms with Gasteiger partial charge in [-0.1, -0.05) is 182 Å². The van der Waals surface area contributed by atoms with Crippen LogP contribution in [0.3, 0.4) is 0 Å². The number of amides is 7. The smallest absolute Gasteiger partial charge is 0.407 e. The van der Waals surface area contributed by atoms with Crippen molar-refractivity contribution < 1.29 is 94.4 Å². The maximum Gasteiger partial charge on any atom is 0.407 e. The molecular weight excluding hydrogens is 1620 g/mol. The van der Waals surface area contributed by atoms with Gasteiger partial charge < -0.3 is 88.5 Å². The summed E-state index contributed by atoms with van der Waals surface area (Å²) in [6, 6.07) is 51.7. The van der Waals surface area contributed by atoms with E-state index in [1.54, 1.807) is 49.2 Å². The summed E-state index contributed by atoms with van der Waals surface area (Å²) in [6.07, 6.45) is 9.91. The minimum atomic E-state index is -1.18. The highest BCUT2D eigenvalue weighted by Crippen LogP contribution is 2.51. The Kier molecular flexibility index (Phi) is 37.9. The number of unbranched alkanes of at least 4 members (excludes halogenated alkanes) is 2. The number of allylic oxidation sites excluding steroid dienone is 2. The van der Waals surface area contributed by atoms with Crippen molar-refractivity contribution >= 4 is 96.6 Å². The van der Waals surface area contributed by atoms with Crippen LogP contribution in [0.5, 0.6) is 23.0 Å². The number of carbonyl (C=O) groups is 9. The van der Waals surface area contributed by atoms with Crippen molar-refractivity contribution in [1.82, 2.24) is 37.2 Å². The summed E-state index contributed by atoms with van der Waals surface area (Å²) in [5.74, 6) is -2.30.